The molecule has 0 aliphatic heterocycles. The zero-order valence-corrected chi connectivity index (χ0v) is 19.1. The van der Waals surface area contributed by atoms with E-state index in [-0.39, 0.29) is 26.2 Å². The van der Waals surface area contributed by atoms with Crippen LogP contribution in [0.25, 0.3) is 0 Å². The molecule has 0 saturated heterocycles. The van der Waals surface area contributed by atoms with Gasteiger partial charge < -0.3 is 23.7 Å². The largest absolute Gasteiger partial charge is 0.508 e. The fourth-order valence-electron chi connectivity index (χ4n) is 2.21. The predicted octanol–water partition coefficient (Wildman–Crippen LogP) is 2.65. The SMILES string of the molecule is Cc1cn(C(CCOC(=O)OC(C)(C)C)OCCOC(=O)OC(C)(C)C)c(=O)[nH]c1=O. The number of ether oxygens (including phenoxy) is 5. The number of aryl methyl sites for hydroxylation is 1. The number of carbonyl (C=O) groups excluding carboxylic acids is 2. The van der Waals surface area contributed by atoms with Gasteiger partial charge in [0.2, 0.25) is 0 Å². The Morgan fingerprint density at radius 3 is 1.97 bits per heavy atom. The molecule has 11 heteroatoms. The van der Waals surface area contributed by atoms with Crippen molar-refractivity contribution in [2.24, 2.45) is 0 Å². The Morgan fingerprint density at radius 1 is 0.935 bits per heavy atom. The molecular formula is C20H32N2O9. The van der Waals surface area contributed by atoms with Crippen molar-refractivity contribution in [1.29, 1.82) is 0 Å². The van der Waals surface area contributed by atoms with Crippen molar-refractivity contribution in [3.05, 3.63) is 32.6 Å². The van der Waals surface area contributed by atoms with Gasteiger partial charge in [-0.05, 0) is 48.5 Å². The zero-order valence-electron chi connectivity index (χ0n) is 19.1. The number of rotatable bonds is 8. The molecule has 0 fully saturated rings. The highest BCUT2D eigenvalue weighted by Gasteiger charge is 2.21. The minimum absolute atomic E-state index is 0.0685. The first kappa shape index (κ1) is 26.2. The van der Waals surface area contributed by atoms with E-state index in [9.17, 15) is 19.2 Å². The van der Waals surface area contributed by atoms with E-state index in [1.54, 1.807) is 41.5 Å². The molecule has 11 nitrogen and oxygen atoms in total. The van der Waals surface area contributed by atoms with Gasteiger partial charge in [-0.1, -0.05) is 0 Å². The summed E-state index contributed by atoms with van der Waals surface area (Å²) in [5, 5.41) is 0. The van der Waals surface area contributed by atoms with Gasteiger partial charge in [0.05, 0.1) is 13.2 Å². The van der Waals surface area contributed by atoms with Crippen LogP contribution in [0.5, 0.6) is 0 Å². The van der Waals surface area contributed by atoms with E-state index >= 15 is 0 Å². The van der Waals surface area contributed by atoms with Crippen molar-refractivity contribution in [2.75, 3.05) is 19.8 Å². The summed E-state index contributed by atoms with van der Waals surface area (Å²) in [4.78, 5) is 49.3. The minimum Gasteiger partial charge on any atom is -0.434 e. The van der Waals surface area contributed by atoms with E-state index in [4.69, 9.17) is 23.7 Å². The number of nitrogens with zero attached hydrogens (tertiary/aromatic N) is 1. The van der Waals surface area contributed by atoms with Crippen molar-refractivity contribution in [2.45, 2.75) is 72.3 Å². The molecule has 0 saturated carbocycles. The molecule has 1 aromatic rings. The average molecular weight is 444 g/mol. The molecule has 0 aromatic carbocycles. The van der Waals surface area contributed by atoms with Crippen LogP contribution in [0.15, 0.2) is 15.8 Å². The number of H-pyrrole nitrogens is 1. The third kappa shape index (κ3) is 10.7. The molecule has 0 aliphatic carbocycles. The third-order valence-corrected chi connectivity index (χ3v) is 3.43. The van der Waals surface area contributed by atoms with Gasteiger partial charge in [-0.3, -0.25) is 14.3 Å². The highest BCUT2D eigenvalue weighted by molar-refractivity contribution is 5.60. The molecule has 1 atom stereocenters. The van der Waals surface area contributed by atoms with E-state index in [1.807, 2.05) is 0 Å². The maximum absolute atomic E-state index is 12.2. The fourth-order valence-corrected chi connectivity index (χ4v) is 2.21. The molecule has 0 bridgehead atoms. The van der Waals surface area contributed by atoms with Crippen LogP contribution in [0, 0.1) is 6.92 Å². The molecule has 1 N–H and O–H groups in total. The van der Waals surface area contributed by atoms with Gasteiger partial charge in [0, 0.05) is 18.2 Å². The molecule has 1 rings (SSSR count). The molecule has 0 radical (unpaired) electrons. The normalized spacial score (nSPS) is 12.7. The number of aromatic amines is 1. The van der Waals surface area contributed by atoms with Gasteiger partial charge in [0.15, 0.2) is 0 Å². The van der Waals surface area contributed by atoms with Gasteiger partial charge >= 0.3 is 18.0 Å². The quantitative estimate of drug-likeness (QED) is 0.474. The van der Waals surface area contributed by atoms with Crippen LogP contribution in [0.3, 0.4) is 0 Å². The summed E-state index contributed by atoms with van der Waals surface area (Å²) < 4.78 is 26.9. The third-order valence-electron chi connectivity index (χ3n) is 3.43. The summed E-state index contributed by atoms with van der Waals surface area (Å²) in [5.41, 5.74) is -2.31. The number of aromatic nitrogens is 2. The van der Waals surface area contributed by atoms with Crippen LogP contribution in [0.1, 0.15) is 59.8 Å². The molecule has 0 amide bonds. The summed E-state index contributed by atoms with van der Waals surface area (Å²) in [6, 6.07) is 0. The van der Waals surface area contributed by atoms with Gasteiger partial charge in [0.25, 0.3) is 5.56 Å². The number of hydrogen-bond donors (Lipinski definition) is 1. The van der Waals surface area contributed by atoms with E-state index in [2.05, 4.69) is 4.98 Å². The number of carbonyl (C=O) groups is 2. The Morgan fingerprint density at radius 2 is 1.45 bits per heavy atom. The van der Waals surface area contributed by atoms with Crippen LogP contribution in [0.4, 0.5) is 9.59 Å². The smallest absolute Gasteiger partial charge is 0.434 e. The van der Waals surface area contributed by atoms with Crippen LogP contribution < -0.4 is 11.2 Å². The van der Waals surface area contributed by atoms with Crippen LogP contribution in [0.2, 0.25) is 0 Å². The standard InChI is InChI=1S/C20H32N2O9/c1-13-12-22(16(24)21-15(13)23)14(8-9-28-17(25)30-19(2,3)4)27-10-11-29-18(26)31-20(5,6)7/h12,14H,8-11H2,1-7H3,(H,21,23,24). The Labute approximate surface area is 180 Å². The zero-order chi connectivity index (χ0) is 23.8. The number of hydrogen-bond acceptors (Lipinski definition) is 9. The van der Waals surface area contributed by atoms with Gasteiger partial charge in [-0.2, -0.15) is 0 Å². The molecular weight excluding hydrogens is 412 g/mol. The van der Waals surface area contributed by atoms with Gasteiger partial charge in [-0.15, -0.1) is 0 Å². The Bertz CT molecular complexity index is 859. The maximum atomic E-state index is 12.2. The topological polar surface area (TPSA) is 135 Å². The molecule has 1 unspecified atom stereocenters. The summed E-state index contributed by atoms with van der Waals surface area (Å²) in [6.07, 6.45) is -1.18. The van der Waals surface area contributed by atoms with Crippen molar-refractivity contribution >= 4 is 12.3 Å². The first-order valence-electron chi connectivity index (χ1n) is 9.83. The van der Waals surface area contributed by atoms with E-state index < -0.39 is 41.0 Å². The summed E-state index contributed by atoms with van der Waals surface area (Å²) >= 11 is 0. The second-order valence-corrected chi connectivity index (χ2v) is 8.72. The van der Waals surface area contributed by atoms with E-state index in [0.717, 1.165) is 0 Å². The first-order chi connectivity index (χ1) is 14.2. The predicted molar refractivity (Wildman–Crippen MR) is 110 cm³/mol. The van der Waals surface area contributed by atoms with Crippen molar-refractivity contribution < 1.29 is 33.3 Å². The highest BCUT2D eigenvalue weighted by Crippen LogP contribution is 2.14. The molecule has 1 aromatic heterocycles. The van der Waals surface area contributed by atoms with Crippen LogP contribution in [-0.4, -0.2) is 52.9 Å². The minimum atomic E-state index is -0.896. The Kier molecular flexibility index (Phi) is 9.29. The lowest BCUT2D eigenvalue weighted by atomic mass is 10.2. The molecule has 0 aliphatic rings. The molecule has 1 heterocycles. The van der Waals surface area contributed by atoms with Crippen molar-refractivity contribution in [3.8, 4) is 0 Å². The Hall–Kier alpha value is -2.82. The Balaban J connectivity index is 2.75. The van der Waals surface area contributed by atoms with Crippen LogP contribution in [-0.2, 0) is 23.7 Å². The van der Waals surface area contributed by atoms with E-state index in [0.29, 0.717) is 5.56 Å². The molecule has 31 heavy (non-hydrogen) atoms. The van der Waals surface area contributed by atoms with Crippen molar-refractivity contribution in [3.63, 3.8) is 0 Å². The van der Waals surface area contributed by atoms with Crippen molar-refractivity contribution in [1.82, 2.24) is 9.55 Å². The van der Waals surface area contributed by atoms with Gasteiger partial charge in [-0.25, -0.2) is 14.4 Å². The lowest BCUT2D eigenvalue weighted by Crippen LogP contribution is -2.35. The monoisotopic (exact) mass is 444 g/mol. The summed E-state index contributed by atoms with van der Waals surface area (Å²) in [6.45, 7) is 11.4. The second-order valence-electron chi connectivity index (χ2n) is 8.72. The summed E-state index contributed by atoms with van der Waals surface area (Å²) in [7, 11) is 0. The molecule has 176 valence electrons. The lowest BCUT2D eigenvalue weighted by molar-refractivity contribution is -0.0588. The lowest BCUT2D eigenvalue weighted by Gasteiger charge is -2.22. The maximum Gasteiger partial charge on any atom is 0.508 e. The van der Waals surface area contributed by atoms with E-state index in [1.165, 1.54) is 17.7 Å². The first-order valence-corrected chi connectivity index (χ1v) is 9.83. The average Bonchev–Trinajstić information content (AvgIpc) is 2.57. The number of nitrogens with one attached hydrogen (secondary N) is 1. The highest BCUT2D eigenvalue weighted by atomic mass is 16.7. The molecule has 0 spiro atoms. The second kappa shape index (κ2) is 11.0. The fraction of sp³-hybridized carbons (Fsp3) is 0.700. The summed E-state index contributed by atoms with van der Waals surface area (Å²) in [5.74, 6) is 0. The van der Waals surface area contributed by atoms with Crippen LogP contribution >= 0.6 is 0 Å². The van der Waals surface area contributed by atoms with Gasteiger partial charge in [0.1, 0.15) is 24.0 Å².